The van der Waals surface area contributed by atoms with Crippen LogP contribution in [0.5, 0.6) is 0 Å². The fraction of sp³-hybridized carbons (Fsp3) is 0.786. The van der Waals surface area contributed by atoms with Crippen molar-refractivity contribution >= 4 is 0 Å². The summed E-state index contributed by atoms with van der Waals surface area (Å²) >= 11 is 0. The minimum absolute atomic E-state index is 0.725. The zero-order valence-electron chi connectivity index (χ0n) is 11.7. The van der Waals surface area contributed by atoms with Gasteiger partial charge in [0.1, 0.15) is 5.82 Å². The Labute approximate surface area is 110 Å². The van der Waals surface area contributed by atoms with Gasteiger partial charge >= 0.3 is 0 Å². The van der Waals surface area contributed by atoms with Crippen LogP contribution < -0.4 is 5.32 Å². The molecule has 0 bridgehead atoms. The number of imidazole rings is 1. The lowest BCUT2D eigenvalue weighted by molar-refractivity contribution is 0.160. The zero-order chi connectivity index (χ0) is 12.8. The molecule has 102 valence electrons. The van der Waals surface area contributed by atoms with Gasteiger partial charge in [0.25, 0.3) is 0 Å². The van der Waals surface area contributed by atoms with Crippen molar-refractivity contribution in [3.05, 3.63) is 18.2 Å². The highest BCUT2D eigenvalue weighted by Gasteiger charge is 2.19. The summed E-state index contributed by atoms with van der Waals surface area (Å²) in [6.45, 7) is 10.1. The van der Waals surface area contributed by atoms with Crippen LogP contribution in [0.4, 0.5) is 0 Å². The van der Waals surface area contributed by atoms with Crippen LogP contribution in [0.3, 0.4) is 0 Å². The number of nitrogens with one attached hydrogen (secondary N) is 1. The van der Waals surface area contributed by atoms with Crippen LogP contribution in [0.2, 0.25) is 0 Å². The van der Waals surface area contributed by atoms with E-state index >= 15 is 0 Å². The standard InChI is InChI=1S/C14H26N4/c1-3-8-18(14-5-4-6-15-12-14)11-10-17-9-7-16-13(17)2/h7,9,14-15H,3-6,8,10-12H2,1-2H3. The van der Waals surface area contributed by atoms with E-state index in [1.54, 1.807) is 0 Å². The molecule has 4 heteroatoms. The summed E-state index contributed by atoms with van der Waals surface area (Å²) < 4.78 is 2.25. The molecule has 0 saturated carbocycles. The van der Waals surface area contributed by atoms with E-state index < -0.39 is 0 Å². The Hall–Kier alpha value is -0.870. The van der Waals surface area contributed by atoms with Gasteiger partial charge in [-0.15, -0.1) is 0 Å². The zero-order valence-corrected chi connectivity index (χ0v) is 11.7. The lowest BCUT2D eigenvalue weighted by Crippen LogP contribution is -2.47. The van der Waals surface area contributed by atoms with Gasteiger partial charge in [0.05, 0.1) is 0 Å². The van der Waals surface area contributed by atoms with E-state index in [0.717, 1.165) is 31.5 Å². The lowest BCUT2D eigenvalue weighted by atomic mass is 10.1. The van der Waals surface area contributed by atoms with E-state index in [2.05, 4.69) is 39.8 Å². The molecule has 2 rings (SSSR count). The number of aromatic nitrogens is 2. The molecule has 0 radical (unpaired) electrons. The molecule has 1 aromatic heterocycles. The van der Waals surface area contributed by atoms with Crippen molar-refractivity contribution < 1.29 is 0 Å². The molecule has 0 spiro atoms. The SMILES string of the molecule is CCCN(CCn1ccnc1C)C1CCCNC1. The van der Waals surface area contributed by atoms with Crippen molar-refractivity contribution in [2.24, 2.45) is 0 Å². The maximum atomic E-state index is 4.29. The molecule has 1 saturated heterocycles. The molecule has 1 unspecified atom stereocenters. The summed E-state index contributed by atoms with van der Waals surface area (Å²) in [7, 11) is 0. The van der Waals surface area contributed by atoms with Gasteiger partial charge in [-0.3, -0.25) is 4.90 Å². The predicted molar refractivity (Wildman–Crippen MR) is 74.7 cm³/mol. The van der Waals surface area contributed by atoms with Gasteiger partial charge in [0, 0.05) is 38.1 Å². The van der Waals surface area contributed by atoms with Crippen molar-refractivity contribution in [3.63, 3.8) is 0 Å². The Morgan fingerprint density at radius 2 is 2.39 bits per heavy atom. The van der Waals surface area contributed by atoms with E-state index in [4.69, 9.17) is 0 Å². The first-order chi connectivity index (χ1) is 8.81. The molecule has 1 aliphatic rings. The van der Waals surface area contributed by atoms with Gasteiger partial charge in [-0.2, -0.15) is 0 Å². The van der Waals surface area contributed by atoms with Crippen LogP contribution in [0.15, 0.2) is 12.4 Å². The third kappa shape index (κ3) is 3.56. The largest absolute Gasteiger partial charge is 0.334 e. The Bertz CT molecular complexity index is 341. The highest BCUT2D eigenvalue weighted by Crippen LogP contribution is 2.11. The van der Waals surface area contributed by atoms with Gasteiger partial charge < -0.3 is 9.88 Å². The van der Waals surface area contributed by atoms with E-state index in [9.17, 15) is 0 Å². The molecule has 0 aromatic carbocycles. The Balaban J connectivity index is 1.87. The molecule has 1 atom stereocenters. The normalized spacial score (nSPS) is 20.5. The Morgan fingerprint density at radius 3 is 3.00 bits per heavy atom. The number of rotatable bonds is 6. The second-order valence-corrected chi connectivity index (χ2v) is 5.20. The van der Waals surface area contributed by atoms with Crippen LogP contribution in [-0.4, -0.2) is 46.7 Å². The van der Waals surface area contributed by atoms with E-state index in [1.165, 1.54) is 32.4 Å². The summed E-state index contributed by atoms with van der Waals surface area (Å²) in [5.74, 6) is 1.12. The minimum atomic E-state index is 0.725. The van der Waals surface area contributed by atoms with E-state index in [0.29, 0.717) is 0 Å². The summed E-state index contributed by atoms with van der Waals surface area (Å²) in [4.78, 5) is 6.93. The van der Waals surface area contributed by atoms with Gasteiger partial charge in [0.2, 0.25) is 0 Å². The second-order valence-electron chi connectivity index (χ2n) is 5.20. The summed E-state index contributed by atoms with van der Waals surface area (Å²) in [6.07, 6.45) is 7.87. The fourth-order valence-electron chi connectivity index (χ4n) is 2.79. The molecule has 18 heavy (non-hydrogen) atoms. The summed E-state index contributed by atoms with van der Waals surface area (Å²) in [5.41, 5.74) is 0. The first-order valence-corrected chi connectivity index (χ1v) is 7.23. The summed E-state index contributed by atoms with van der Waals surface area (Å²) in [6, 6.07) is 0.725. The molecular weight excluding hydrogens is 224 g/mol. The van der Waals surface area contributed by atoms with Gasteiger partial charge in [0.15, 0.2) is 0 Å². The number of aryl methyl sites for hydroxylation is 1. The van der Waals surface area contributed by atoms with Crippen molar-refractivity contribution in [2.45, 2.75) is 45.7 Å². The molecule has 1 fully saturated rings. The lowest BCUT2D eigenvalue weighted by Gasteiger charge is -2.34. The fourth-order valence-corrected chi connectivity index (χ4v) is 2.79. The predicted octanol–water partition coefficient (Wildman–Crippen LogP) is 1.66. The van der Waals surface area contributed by atoms with Crippen LogP contribution in [0.1, 0.15) is 32.0 Å². The average molecular weight is 250 g/mol. The van der Waals surface area contributed by atoms with Crippen molar-refractivity contribution in [1.82, 2.24) is 19.8 Å². The van der Waals surface area contributed by atoms with Crippen molar-refractivity contribution in [2.75, 3.05) is 26.2 Å². The van der Waals surface area contributed by atoms with Crippen molar-refractivity contribution in [1.29, 1.82) is 0 Å². The summed E-state index contributed by atoms with van der Waals surface area (Å²) in [5, 5.41) is 3.52. The molecule has 1 N–H and O–H groups in total. The second kappa shape index (κ2) is 6.90. The molecule has 0 amide bonds. The molecule has 1 aromatic rings. The average Bonchev–Trinajstić information content (AvgIpc) is 2.81. The van der Waals surface area contributed by atoms with Gasteiger partial charge in [-0.1, -0.05) is 6.92 Å². The number of nitrogens with zero attached hydrogens (tertiary/aromatic N) is 3. The third-order valence-corrected chi connectivity index (χ3v) is 3.85. The van der Waals surface area contributed by atoms with Crippen LogP contribution in [0, 0.1) is 6.92 Å². The first-order valence-electron chi connectivity index (χ1n) is 7.23. The van der Waals surface area contributed by atoms with Crippen molar-refractivity contribution in [3.8, 4) is 0 Å². The molecule has 4 nitrogen and oxygen atoms in total. The molecular formula is C14H26N4. The number of hydrogen-bond donors (Lipinski definition) is 1. The smallest absolute Gasteiger partial charge is 0.105 e. The van der Waals surface area contributed by atoms with Crippen LogP contribution in [0.25, 0.3) is 0 Å². The number of hydrogen-bond acceptors (Lipinski definition) is 3. The van der Waals surface area contributed by atoms with Gasteiger partial charge in [-0.25, -0.2) is 4.98 Å². The highest BCUT2D eigenvalue weighted by atomic mass is 15.2. The minimum Gasteiger partial charge on any atom is -0.334 e. The van der Waals surface area contributed by atoms with Crippen LogP contribution >= 0.6 is 0 Å². The first kappa shape index (κ1) is 13.6. The maximum Gasteiger partial charge on any atom is 0.105 e. The molecule has 1 aliphatic heterocycles. The monoisotopic (exact) mass is 250 g/mol. The highest BCUT2D eigenvalue weighted by molar-refractivity contribution is 4.89. The van der Waals surface area contributed by atoms with Gasteiger partial charge in [-0.05, 0) is 39.3 Å². The van der Waals surface area contributed by atoms with Crippen LogP contribution in [-0.2, 0) is 6.54 Å². The number of piperidine rings is 1. The van der Waals surface area contributed by atoms with E-state index in [-0.39, 0.29) is 0 Å². The Kier molecular flexibility index (Phi) is 5.20. The quantitative estimate of drug-likeness (QED) is 0.833. The third-order valence-electron chi connectivity index (χ3n) is 3.85. The molecule has 0 aliphatic carbocycles. The van der Waals surface area contributed by atoms with E-state index in [1.807, 2.05) is 6.20 Å². The topological polar surface area (TPSA) is 33.1 Å². The maximum absolute atomic E-state index is 4.29. The Morgan fingerprint density at radius 1 is 1.50 bits per heavy atom. The molecule has 2 heterocycles.